The first-order chi connectivity index (χ1) is 9.88. The van der Waals surface area contributed by atoms with Gasteiger partial charge in [0.25, 0.3) is 0 Å². The van der Waals surface area contributed by atoms with E-state index in [1.54, 1.807) is 0 Å². The lowest BCUT2D eigenvalue weighted by molar-refractivity contribution is 0.770. The molecule has 1 aromatic heterocycles. The van der Waals surface area contributed by atoms with Gasteiger partial charge in [0.1, 0.15) is 0 Å². The predicted octanol–water partition coefficient (Wildman–Crippen LogP) is 2.41. The first-order valence-corrected chi connectivity index (χ1v) is 7.27. The number of anilines is 1. The van der Waals surface area contributed by atoms with Crippen molar-refractivity contribution >= 4 is 5.69 Å². The van der Waals surface area contributed by atoms with Crippen LogP contribution in [0.2, 0.25) is 0 Å². The Morgan fingerprint density at radius 3 is 2.45 bits per heavy atom. The lowest BCUT2D eigenvalue weighted by Crippen LogP contribution is -2.27. The molecule has 3 nitrogen and oxygen atoms in total. The van der Waals surface area contributed by atoms with Gasteiger partial charge in [-0.05, 0) is 42.6 Å². The zero-order valence-corrected chi connectivity index (χ0v) is 12.0. The number of nitrogens with zero attached hydrogens (tertiary/aromatic N) is 2. The standard InChI is InChI=1S/C17H21N3/c1-18-12-16-6-9-19-13-17(16)20-10-7-14-4-2-3-5-15(14)8-11-20/h2-6,9,13,18H,7-8,10-12H2,1H3. The van der Waals surface area contributed by atoms with Crippen LogP contribution in [0.1, 0.15) is 16.7 Å². The van der Waals surface area contributed by atoms with Crippen LogP contribution < -0.4 is 10.2 Å². The summed E-state index contributed by atoms with van der Waals surface area (Å²) in [6.07, 6.45) is 6.11. The maximum Gasteiger partial charge on any atom is 0.0598 e. The largest absolute Gasteiger partial charge is 0.369 e. The van der Waals surface area contributed by atoms with Crippen LogP contribution in [0.4, 0.5) is 5.69 Å². The molecule has 1 N–H and O–H groups in total. The summed E-state index contributed by atoms with van der Waals surface area (Å²) in [5.74, 6) is 0. The smallest absolute Gasteiger partial charge is 0.0598 e. The summed E-state index contributed by atoms with van der Waals surface area (Å²) in [6.45, 7) is 3.03. The SMILES string of the molecule is CNCc1ccncc1N1CCc2ccccc2CC1. The van der Waals surface area contributed by atoms with Gasteiger partial charge in [-0.2, -0.15) is 0 Å². The van der Waals surface area contributed by atoms with Crippen LogP contribution >= 0.6 is 0 Å². The summed E-state index contributed by atoms with van der Waals surface area (Å²) in [5.41, 5.74) is 5.59. The number of nitrogens with one attached hydrogen (secondary N) is 1. The molecule has 0 fully saturated rings. The van der Waals surface area contributed by atoms with Gasteiger partial charge >= 0.3 is 0 Å². The molecule has 3 heteroatoms. The van der Waals surface area contributed by atoms with Crippen molar-refractivity contribution in [1.82, 2.24) is 10.3 Å². The van der Waals surface area contributed by atoms with Crippen molar-refractivity contribution in [1.29, 1.82) is 0 Å². The van der Waals surface area contributed by atoms with Gasteiger partial charge in [0.2, 0.25) is 0 Å². The number of aromatic nitrogens is 1. The molecule has 0 unspecified atom stereocenters. The molecule has 0 saturated heterocycles. The second kappa shape index (κ2) is 6.06. The Hall–Kier alpha value is -1.87. The van der Waals surface area contributed by atoms with E-state index in [1.165, 1.54) is 22.4 Å². The van der Waals surface area contributed by atoms with E-state index in [0.717, 1.165) is 32.5 Å². The minimum Gasteiger partial charge on any atom is -0.369 e. The highest BCUT2D eigenvalue weighted by molar-refractivity contribution is 5.52. The fraction of sp³-hybridized carbons (Fsp3) is 0.353. The van der Waals surface area contributed by atoms with E-state index in [4.69, 9.17) is 0 Å². The number of rotatable bonds is 3. The van der Waals surface area contributed by atoms with Gasteiger partial charge in [0, 0.05) is 25.8 Å². The maximum atomic E-state index is 4.31. The van der Waals surface area contributed by atoms with Crippen LogP contribution in [-0.4, -0.2) is 25.1 Å². The summed E-state index contributed by atoms with van der Waals surface area (Å²) in [4.78, 5) is 6.78. The van der Waals surface area contributed by atoms with Crippen molar-refractivity contribution in [3.8, 4) is 0 Å². The van der Waals surface area contributed by atoms with E-state index in [9.17, 15) is 0 Å². The first-order valence-electron chi connectivity index (χ1n) is 7.27. The third-order valence-electron chi connectivity index (χ3n) is 4.02. The zero-order valence-electron chi connectivity index (χ0n) is 12.0. The summed E-state index contributed by atoms with van der Waals surface area (Å²) in [6, 6.07) is 10.9. The van der Waals surface area contributed by atoms with Crippen molar-refractivity contribution in [2.45, 2.75) is 19.4 Å². The fourth-order valence-electron chi connectivity index (χ4n) is 2.95. The number of hydrogen-bond donors (Lipinski definition) is 1. The van der Waals surface area contributed by atoms with E-state index >= 15 is 0 Å². The van der Waals surface area contributed by atoms with E-state index in [-0.39, 0.29) is 0 Å². The molecule has 0 radical (unpaired) electrons. The molecule has 2 aromatic rings. The molecule has 3 rings (SSSR count). The molecule has 0 spiro atoms. The molecule has 20 heavy (non-hydrogen) atoms. The molecule has 0 atom stereocenters. The molecule has 0 bridgehead atoms. The highest BCUT2D eigenvalue weighted by atomic mass is 15.1. The summed E-state index contributed by atoms with van der Waals surface area (Å²) in [7, 11) is 1.99. The van der Waals surface area contributed by atoms with Crippen LogP contribution in [-0.2, 0) is 19.4 Å². The van der Waals surface area contributed by atoms with E-state index < -0.39 is 0 Å². The molecule has 1 aliphatic heterocycles. The molecule has 0 aliphatic carbocycles. The van der Waals surface area contributed by atoms with Crippen molar-refractivity contribution in [2.75, 3.05) is 25.0 Å². The lowest BCUT2D eigenvalue weighted by atomic mass is 10.0. The Balaban J connectivity index is 1.83. The van der Waals surface area contributed by atoms with Gasteiger partial charge in [-0.15, -0.1) is 0 Å². The molecular weight excluding hydrogens is 246 g/mol. The van der Waals surface area contributed by atoms with Crippen LogP contribution in [0.15, 0.2) is 42.7 Å². The summed E-state index contributed by atoms with van der Waals surface area (Å²) >= 11 is 0. The number of fused-ring (bicyclic) bond motifs is 1. The Morgan fingerprint density at radius 2 is 1.80 bits per heavy atom. The Kier molecular flexibility index (Phi) is 3.97. The van der Waals surface area contributed by atoms with Crippen LogP contribution in [0, 0.1) is 0 Å². The van der Waals surface area contributed by atoms with E-state index in [0.29, 0.717) is 0 Å². The molecular formula is C17H21N3. The minimum atomic E-state index is 0.890. The zero-order chi connectivity index (χ0) is 13.8. The molecule has 1 aromatic carbocycles. The van der Waals surface area contributed by atoms with Crippen LogP contribution in [0.25, 0.3) is 0 Å². The normalized spacial score (nSPS) is 14.8. The van der Waals surface area contributed by atoms with Gasteiger partial charge in [0.05, 0.1) is 11.9 Å². The van der Waals surface area contributed by atoms with Gasteiger partial charge < -0.3 is 10.2 Å². The average Bonchev–Trinajstić information content (AvgIpc) is 2.71. The Labute approximate surface area is 120 Å². The quantitative estimate of drug-likeness (QED) is 0.925. The Bertz CT molecular complexity index is 553. The summed E-state index contributed by atoms with van der Waals surface area (Å²) in [5, 5.41) is 3.24. The van der Waals surface area contributed by atoms with Crippen molar-refractivity contribution in [3.63, 3.8) is 0 Å². The average molecular weight is 267 g/mol. The minimum absolute atomic E-state index is 0.890. The van der Waals surface area contributed by atoms with Crippen molar-refractivity contribution in [2.24, 2.45) is 0 Å². The maximum absolute atomic E-state index is 4.31. The highest BCUT2D eigenvalue weighted by Gasteiger charge is 2.16. The second-order valence-corrected chi connectivity index (χ2v) is 5.29. The highest BCUT2D eigenvalue weighted by Crippen LogP contribution is 2.23. The van der Waals surface area contributed by atoms with Gasteiger partial charge in [-0.3, -0.25) is 4.98 Å². The van der Waals surface area contributed by atoms with E-state index in [1.807, 2.05) is 19.4 Å². The van der Waals surface area contributed by atoms with Gasteiger partial charge in [-0.25, -0.2) is 0 Å². The fourth-order valence-corrected chi connectivity index (χ4v) is 2.95. The number of hydrogen-bond acceptors (Lipinski definition) is 3. The van der Waals surface area contributed by atoms with Gasteiger partial charge in [-0.1, -0.05) is 24.3 Å². The first kappa shape index (κ1) is 13.1. The van der Waals surface area contributed by atoms with Crippen molar-refractivity contribution < 1.29 is 0 Å². The second-order valence-electron chi connectivity index (χ2n) is 5.29. The third kappa shape index (κ3) is 2.68. The van der Waals surface area contributed by atoms with Gasteiger partial charge in [0.15, 0.2) is 0 Å². The van der Waals surface area contributed by atoms with Crippen LogP contribution in [0.5, 0.6) is 0 Å². The predicted molar refractivity (Wildman–Crippen MR) is 83.1 cm³/mol. The molecule has 2 heterocycles. The molecule has 0 amide bonds. The molecule has 0 saturated carbocycles. The third-order valence-corrected chi connectivity index (χ3v) is 4.02. The lowest BCUT2D eigenvalue weighted by Gasteiger charge is -2.25. The number of benzene rings is 1. The van der Waals surface area contributed by atoms with Crippen LogP contribution in [0.3, 0.4) is 0 Å². The molecule has 1 aliphatic rings. The number of pyridine rings is 1. The monoisotopic (exact) mass is 267 g/mol. The van der Waals surface area contributed by atoms with E-state index in [2.05, 4.69) is 45.5 Å². The van der Waals surface area contributed by atoms with Crippen molar-refractivity contribution in [3.05, 3.63) is 59.4 Å². The molecule has 104 valence electrons. The topological polar surface area (TPSA) is 28.2 Å². The Morgan fingerprint density at radius 1 is 1.10 bits per heavy atom. The summed E-state index contributed by atoms with van der Waals surface area (Å²) < 4.78 is 0.